The number of nitrogens with one attached hydrogen (secondary N) is 1. The molecule has 1 N–H and O–H groups in total. The van der Waals surface area contributed by atoms with Gasteiger partial charge in [-0.1, -0.05) is 22.0 Å². The van der Waals surface area contributed by atoms with E-state index >= 15 is 0 Å². The van der Waals surface area contributed by atoms with Gasteiger partial charge in [0.05, 0.1) is 7.11 Å². The fourth-order valence-electron chi connectivity index (χ4n) is 2.10. The molecule has 0 fully saturated rings. The predicted molar refractivity (Wildman–Crippen MR) is 83.9 cm³/mol. The van der Waals surface area contributed by atoms with Crippen LogP contribution in [0.4, 0.5) is 10.1 Å². The molecule has 2 aromatic carbocycles. The lowest BCUT2D eigenvalue weighted by Gasteiger charge is -2.17. The van der Waals surface area contributed by atoms with E-state index in [1.54, 1.807) is 6.07 Å². The highest BCUT2D eigenvalue weighted by atomic mass is 79.9. The molecule has 20 heavy (non-hydrogen) atoms. The first-order chi connectivity index (χ1) is 9.49. The van der Waals surface area contributed by atoms with E-state index in [1.165, 1.54) is 13.2 Å². The lowest BCUT2D eigenvalue weighted by molar-refractivity contribution is 0.386. The van der Waals surface area contributed by atoms with Crippen molar-refractivity contribution in [2.75, 3.05) is 12.4 Å². The van der Waals surface area contributed by atoms with Gasteiger partial charge in [-0.05, 0) is 55.3 Å². The van der Waals surface area contributed by atoms with Gasteiger partial charge in [-0.3, -0.25) is 0 Å². The largest absolute Gasteiger partial charge is 0.494 e. The zero-order valence-electron chi connectivity index (χ0n) is 11.7. The Morgan fingerprint density at radius 3 is 2.55 bits per heavy atom. The van der Waals surface area contributed by atoms with Gasteiger partial charge in [0.1, 0.15) is 0 Å². The fourth-order valence-corrected chi connectivity index (χ4v) is 2.71. The van der Waals surface area contributed by atoms with Gasteiger partial charge in [-0.2, -0.15) is 0 Å². The average Bonchev–Trinajstić information content (AvgIpc) is 2.37. The first-order valence-corrected chi connectivity index (χ1v) is 7.16. The van der Waals surface area contributed by atoms with Crippen molar-refractivity contribution >= 4 is 21.6 Å². The highest BCUT2D eigenvalue weighted by molar-refractivity contribution is 9.10. The fraction of sp³-hybridized carbons (Fsp3) is 0.250. The van der Waals surface area contributed by atoms with E-state index in [9.17, 15) is 4.39 Å². The minimum atomic E-state index is -0.343. The molecule has 0 aliphatic carbocycles. The molecule has 1 unspecified atom stereocenters. The van der Waals surface area contributed by atoms with Gasteiger partial charge in [0.15, 0.2) is 11.6 Å². The summed E-state index contributed by atoms with van der Waals surface area (Å²) in [4.78, 5) is 0. The Bertz CT molecular complexity index is 595. The lowest BCUT2D eigenvalue weighted by Crippen LogP contribution is -2.07. The molecule has 4 heteroatoms. The first kappa shape index (κ1) is 14.9. The normalized spacial score (nSPS) is 12.1. The molecule has 106 valence electrons. The summed E-state index contributed by atoms with van der Waals surface area (Å²) in [5.41, 5.74) is 3.04. The third-order valence-electron chi connectivity index (χ3n) is 3.10. The van der Waals surface area contributed by atoms with Crippen LogP contribution in [-0.4, -0.2) is 7.11 Å². The zero-order valence-corrected chi connectivity index (χ0v) is 13.3. The minimum Gasteiger partial charge on any atom is -0.494 e. The van der Waals surface area contributed by atoms with E-state index in [0.29, 0.717) is 0 Å². The number of methoxy groups -OCH3 is 1. The molecule has 0 aliphatic rings. The second kappa shape index (κ2) is 6.27. The predicted octanol–water partition coefficient (Wildman–Crippen LogP) is 5.08. The summed E-state index contributed by atoms with van der Waals surface area (Å²) in [5.74, 6) is -0.0803. The molecule has 0 aromatic heterocycles. The summed E-state index contributed by atoms with van der Waals surface area (Å²) < 4.78 is 19.7. The third-order valence-corrected chi connectivity index (χ3v) is 3.56. The van der Waals surface area contributed by atoms with Gasteiger partial charge < -0.3 is 10.1 Å². The van der Waals surface area contributed by atoms with Crippen molar-refractivity contribution in [3.05, 3.63) is 57.8 Å². The van der Waals surface area contributed by atoms with Crippen LogP contribution < -0.4 is 10.1 Å². The second-order valence-electron chi connectivity index (χ2n) is 4.78. The van der Waals surface area contributed by atoms with Crippen molar-refractivity contribution in [3.63, 3.8) is 0 Å². The van der Waals surface area contributed by atoms with Gasteiger partial charge in [-0.15, -0.1) is 0 Å². The number of rotatable bonds is 4. The van der Waals surface area contributed by atoms with E-state index in [4.69, 9.17) is 4.74 Å². The Hall–Kier alpha value is -1.55. The molecule has 0 saturated heterocycles. The van der Waals surface area contributed by atoms with Crippen LogP contribution in [0.3, 0.4) is 0 Å². The van der Waals surface area contributed by atoms with Gasteiger partial charge in [0, 0.05) is 16.2 Å². The molecule has 0 amide bonds. The van der Waals surface area contributed by atoms with Crippen LogP contribution in [0, 0.1) is 12.7 Å². The number of anilines is 1. The number of hydrogen-bond donors (Lipinski definition) is 1. The summed E-state index contributed by atoms with van der Waals surface area (Å²) in [7, 11) is 1.46. The molecule has 0 saturated carbocycles. The number of aryl methyl sites for hydroxylation is 1. The lowest BCUT2D eigenvalue weighted by atomic mass is 10.1. The number of halogens is 2. The molecular formula is C16H17BrFNO. The Morgan fingerprint density at radius 2 is 1.95 bits per heavy atom. The van der Waals surface area contributed by atoms with E-state index in [-0.39, 0.29) is 17.6 Å². The van der Waals surface area contributed by atoms with Crippen LogP contribution in [0.1, 0.15) is 24.1 Å². The average molecular weight is 338 g/mol. The maximum Gasteiger partial charge on any atom is 0.165 e. The van der Waals surface area contributed by atoms with Crippen molar-refractivity contribution in [2.45, 2.75) is 19.9 Å². The van der Waals surface area contributed by atoms with E-state index in [0.717, 1.165) is 21.3 Å². The van der Waals surface area contributed by atoms with Crippen molar-refractivity contribution in [2.24, 2.45) is 0 Å². The highest BCUT2D eigenvalue weighted by Gasteiger charge is 2.10. The molecule has 2 rings (SSSR count). The van der Waals surface area contributed by atoms with Crippen LogP contribution in [0.15, 0.2) is 40.9 Å². The Kier molecular flexibility index (Phi) is 4.65. The molecule has 0 bridgehead atoms. The minimum absolute atomic E-state index is 0.00380. The molecule has 0 radical (unpaired) electrons. The molecule has 0 heterocycles. The number of hydrogen-bond acceptors (Lipinski definition) is 2. The van der Waals surface area contributed by atoms with E-state index in [2.05, 4.69) is 27.3 Å². The van der Waals surface area contributed by atoms with Gasteiger partial charge >= 0.3 is 0 Å². The van der Waals surface area contributed by atoms with Crippen LogP contribution >= 0.6 is 15.9 Å². The van der Waals surface area contributed by atoms with Crippen LogP contribution in [0.25, 0.3) is 0 Å². The van der Waals surface area contributed by atoms with Crippen molar-refractivity contribution < 1.29 is 9.13 Å². The Labute approximate surface area is 127 Å². The first-order valence-electron chi connectivity index (χ1n) is 6.37. The van der Waals surface area contributed by atoms with Gasteiger partial charge in [0.2, 0.25) is 0 Å². The molecule has 0 spiro atoms. The second-order valence-corrected chi connectivity index (χ2v) is 5.69. The Balaban J connectivity index is 2.19. The molecular weight excluding hydrogens is 321 g/mol. The SMILES string of the molecule is COc1ccc(C(C)Nc2cc(C)cc(Br)c2)cc1F. The van der Waals surface area contributed by atoms with Crippen LogP contribution in [0.5, 0.6) is 5.75 Å². The number of ether oxygens (including phenoxy) is 1. The summed E-state index contributed by atoms with van der Waals surface area (Å²) in [5, 5.41) is 3.37. The van der Waals surface area contributed by atoms with Crippen molar-refractivity contribution in [1.29, 1.82) is 0 Å². The molecule has 2 nitrogen and oxygen atoms in total. The zero-order chi connectivity index (χ0) is 14.7. The van der Waals surface area contributed by atoms with Gasteiger partial charge in [0.25, 0.3) is 0 Å². The molecule has 0 aliphatic heterocycles. The summed E-state index contributed by atoms with van der Waals surface area (Å²) in [6.07, 6.45) is 0. The summed E-state index contributed by atoms with van der Waals surface area (Å²) in [6.45, 7) is 4.03. The summed E-state index contributed by atoms with van der Waals surface area (Å²) >= 11 is 3.47. The standard InChI is InChI=1S/C16H17BrFNO/c1-10-6-13(17)9-14(7-10)19-11(2)12-4-5-16(20-3)15(18)8-12/h4-9,11,19H,1-3H3. The summed E-state index contributed by atoms with van der Waals surface area (Å²) in [6, 6.07) is 11.1. The van der Waals surface area contributed by atoms with Crippen LogP contribution in [-0.2, 0) is 0 Å². The van der Waals surface area contributed by atoms with Crippen molar-refractivity contribution in [3.8, 4) is 5.75 Å². The third kappa shape index (κ3) is 3.51. The van der Waals surface area contributed by atoms with Crippen molar-refractivity contribution in [1.82, 2.24) is 0 Å². The monoisotopic (exact) mass is 337 g/mol. The molecule has 1 atom stereocenters. The van der Waals surface area contributed by atoms with E-state index < -0.39 is 0 Å². The topological polar surface area (TPSA) is 21.3 Å². The van der Waals surface area contributed by atoms with E-state index in [1.807, 2.05) is 32.0 Å². The van der Waals surface area contributed by atoms with Gasteiger partial charge in [-0.25, -0.2) is 4.39 Å². The quantitative estimate of drug-likeness (QED) is 0.840. The maximum absolute atomic E-state index is 13.7. The number of benzene rings is 2. The molecule has 2 aromatic rings. The maximum atomic E-state index is 13.7. The smallest absolute Gasteiger partial charge is 0.165 e. The highest BCUT2D eigenvalue weighted by Crippen LogP contribution is 2.26. The Morgan fingerprint density at radius 1 is 1.20 bits per heavy atom. The van der Waals surface area contributed by atoms with Crippen LogP contribution in [0.2, 0.25) is 0 Å².